The smallest absolute Gasteiger partial charge is 0.414 e. The zero-order valence-electron chi connectivity index (χ0n) is 17.1. The maximum absolute atomic E-state index is 6.13. The number of ether oxygens (including phenoxy) is 3. The van der Waals surface area contributed by atoms with Crippen LogP contribution in [0.1, 0.15) is 38.7 Å². The van der Waals surface area contributed by atoms with Crippen molar-refractivity contribution in [2.75, 3.05) is 11.5 Å². The molecule has 0 aliphatic carbocycles. The minimum absolute atomic E-state index is 0.493. The van der Waals surface area contributed by atoms with Crippen LogP contribution in [0.15, 0.2) is 72.8 Å². The van der Waals surface area contributed by atoms with Gasteiger partial charge in [-0.3, -0.25) is 0 Å². The van der Waals surface area contributed by atoms with Gasteiger partial charge in [0, 0.05) is 11.4 Å². The average molecular weight is 392 g/mol. The van der Waals surface area contributed by atoms with E-state index < -0.39 is 5.97 Å². The predicted molar refractivity (Wildman–Crippen MR) is 117 cm³/mol. The van der Waals surface area contributed by atoms with E-state index in [0.717, 1.165) is 6.42 Å². The summed E-state index contributed by atoms with van der Waals surface area (Å²) in [6.07, 6.45) is 1.08. The van der Waals surface area contributed by atoms with Crippen molar-refractivity contribution in [1.82, 2.24) is 0 Å². The number of benzene rings is 3. The van der Waals surface area contributed by atoms with Crippen molar-refractivity contribution >= 4 is 11.4 Å². The van der Waals surface area contributed by atoms with Crippen LogP contribution in [0.25, 0.3) is 0 Å². The van der Waals surface area contributed by atoms with Gasteiger partial charge in [-0.1, -0.05) is 26.0 Å². The molecule has 152 valence electrons. The largest absolute Gasteiger partial charge is 0.421 e. The van der Waals surface area contributed by atoms with Crippen molar-refractivity contribution in [1.29, 1.82) is 0 Å². The molecule has 0 heterocycles. The fourth-order valence-electron chi connectivity index (χ4n) is 2.88. The average Bonchev–Trinajstić information content (AvgIpc) is 2.71. The predicted octanol–water partition coefficient (Wildman–Crippen LogP) is 5.58. The van der Waals surface area contributed by atoms with E-state index in [1.807, 2.05) is 12.1 Å². The molecule has 0 saturated carbocycles. The third kappa shape index (κ3) is 5.57. The highest BCUT2D eigenvalue weighted by Gasteiger charge is 2.32. The third-order valence-electron chi connectivity index (χ3n) is 4.73. The van der Waals surface area contributed by atoms with E-state index in [-0.39, 0.29) is 0 Å². The van der Waals surface area contributed by atoms with Crippen molar-refractivity contribution in [3.8, 4) is 17.2 Å². The highest BCUT2D eigenvalue weighted by atomic mass is 16.9. The molecule has 0 bridgehead atoms. The zero-order chi connectivity index (χ0) is 20.9. The number of rotatable bonds is 8. The lowest BCUT2D eigenvalue weighted by Gasteiger charge is -2.31. The summed E-state index contributed by atoms with van der Waals surface area (Å²) in [4.78, 5) is 0. The van der Waals surface area contributed by atoms with Crippen molar-refractivity contribution in [2.24, 2.45) is 0 Å². The SMILES string of the molecule is CCC(C)c1ccc(OC(C)(Oc2ccc(N)cc2)Oc2ccc(N)cc2)cc1. The second-order valence-corrected chi connectivity index (χ2v) is 7.18. The molecular formula is C24H28N2O3. The fourth-order valence-corrected chi connectivity index (χ4v) is 2.88. The standard InChI is InChI=1S/C24H28N2O3/c1-4-17(2)18-5-11-21(12-6-18)27-24(3,28-22-13-7-19(25)8-14-22)29-23-15-9-20(26)10-16-23/h5-17H,4,25-26H2,1-3H3. The van der Waals surface area contributed by atoms with Crippen LogP contribution < -0.4 is 25.7 Å². The molecular weight excluding hydrogens is 364 g/mol. The summed E-state index contributed by atoms with van der Waals surface area (Å²) < 4.78 is 18.3. The van der Waals surface area contributed by atoms with E-state index in [1.54, 1.807) is 55.5 Å². The number of anilines is 2. The quantitative estimate of drug-likeness (QED) is 0.387. The van der Waals surface area contributed by atoms with Crippen molar-refractivity contribution < 1.29 is 14.2 Å². The molecule has 0 radical (unpaired) electrons. The lowest BCUT2D eigenvalue weighted by atomic mass is 9.99. The molecule has 1 atom stereocenters. The Kier molecular flexibility index (Phi) is 6.17. The zero-order valence-corrected chi connectivity index (χ0v) is 17.1. The molecule has 0 saturated heterocycles. The molecule has 0 aromatic heterocycles. The molecule has 5 heteroatoms. The van der Waals surface area contributed by atoms with Crippen molar-refractivity contribution in [2.45, 2.75) is 39.1 Å². The summed E-state index contributed by atoms with van der Waals surface area (Å²) in [6.45, 7) is 6.10. The number of hydrogen-bond donors (Lipinski definition) is 2. The summed E-state index contributed by atoms with van der Waals surface area (Å²) in [5.41, 5.74) is 14.1. The van der Waals surface area contributed by atoms with Gasteiger partial charge in [-0.15, -0.1) is 0 Å². The van der Waals surface area contributed by atoms with Gasteiger partial charge in [0.2, 0.25) is 0 Å². The topological polar surface area (TPSA) is 79.7 Å². The second-order valence-electron chi connectivity index (χ2n) is 7.18. The van der Waals surface area contributed by atoms with Crippen molar-refractivity contribution in [3.63, 3.8) is 0 Å². The summed E-state index contributed by atoms with van der Waals surface area (Å²) >= 11 is 0. The minimum atomic E-state index is -1.40. The lowest BCUT2D eigenvalue weighted by Crippen LogP contribution is -2.45. The summed E-state index contributed by atoms with van der Waals surface area (Å²) in [5.74, 6) is 0.893. The van der Waals surface area contributed by atoms with Crippen LogP contribution in [-0.4, -0.2) is 5.97 Å². The third-order valence-corrected chi connectivity index (χ3v) is 4.73. The Bertz CT molecular complexity index is 859. The van der Waals surface area contributed by atoms with E-state index in [2.05, 4.69) is 26.0 Å². The molecule has 0 fully saturated rings. The van der Waals surface area contributed by atoms with E-state index >= 15 is 0 Å². The Balaban J connectivity index is 1.84. The van der Waals surface area contributed by atoms with Crippen LogP contribution in [-0.2, 0) is 0 Å². The minimum Gasteiger partial charge on any atom is -0.421 e. The van der Waals surface area contributed by atoms with Gasteiger partial charge >= 0.3 is 5.97 Å². The first-order chi connectivity index (χ1) is 13.9. The van der Waals surface area contributed by atoms with Gasteiger partial charge in [-0.25, -0.2) is 0 Å². The summed E-state index contributed by atoms with van der Waals surface area (Å²) in [6, 6.07) is 22.1. The maximum Gasteiger partial charge on any atom is 0.414 e. The van der Waals surface area contributed by atoms with Crippen LogP contribution in [0.4, 0.5) is 11.4 Å². The fraction of sp³-hybridized carbons (Fsp3) is 0.250. The molecule has 0 spiro atoms. The van der Waals surface area contributed by atoms with Crippen LogP contribution in [0, 0.1) is 0 Å². The van der Waals surface area contributed by atoms with Crippen LogP contribution in [0.5, 0.6) is 17.2 Å². The summed E-state index contributed by atoms with van der Waals surface area (Å²) in [7, 11) is 0. The number of nitrogen functional groups attached to an aromatic ring is 2. The van der Waals surface area contributed by atoms with Gasteiger partial charge in [0.25, 0.3) is 0 Å². The Morgan fingerprint density at radius 2 is 1.03 bits per heavy atom. The van der Waals surface area contributed by atoms with Gasteiger partial charge in [-0.05, 0) is 78.6 Å². The Labute approximate surface area is 172 Å². The van der Waals surface area contributed by atoms with Gasteiger partial charge in [0.15, 0.2) is 0 Å². The molecule has 5 nitrogen and oxygen atoms in total. The Hall–Kier alpha value is -3.34. The normalized spacial score (nSPS) is 12.2. The number of nitrogens with two attached hydrogens (primary N) is 2. The first-order valence-electron chi connectivity index (χ1n) is 9.75. The van der Waals surface area contributed by atoms with Crippen LogP contribution >= 0.6 is 0 Å². The van der Waals surface area contributed by atoms with E-state index in [9.17, 15) is 0 Å². The second kappa shape index (κ2) is 8.78. The molecule has 3 aromatic carbocycles. The maximum atomic E-state index is 6.13. The van der Waals surface area contributed by atoms with E-state index in [0.29, 0.717) is 34.5 Å². The van der Waals surface area contributed by atoms with Gasteiger partial charge in [0.05, 0.1) is 6.92 Å². The lowest BCUT2D eigenvalue weighted by molar-refractivity contribution is -0.238. The van der Waals surface area contributed by atoms with Gasteiger partial charge < -0.3 is 25.7 Å². The van der Waals surface area contributed by atoms with Gasteiger partial charge in [0.1, 0.15) is 17.2 Å². The highest BCUT2D eigenvalue weighted by Crippen LogP contribution is 2.29. The van der Waals surface area contributed by atoms with Crippen molar-refractivity contribution in [3.05, 3.63) is 78.4 Å². The van der Waals surface area contributed by atoms with Crippen LogP contribution in [0.2, 0.25) is 0 Å². The molecule has 29 heavy (non-hydrogen) atoms. The summed E-state index contributed by atoms with van der Waals surface area (Å²) in [5, 5.41) is 0. The first kappa shape index (κ1) is 20.4. The molecule has 3 rings (SSSR count). The molecule has 0 aliphatic rings. The monoisotopic (exact) mass is 392 g/mol. The van der Waals surface area contributed by atoms with Crippen LogP contribution in [0.3, 0.4) is 0 Å². The molecule has 0 aliphatic heterocycles. The first-order valence-corrected chi connectivity index (χ1v) is 9.75. The highest BCUT2D eigenvalue weighted by molar-refractivity contribution is 5.43. The molecule has 3 aromatic rings. The van der Waals surface area contributed by atoms with E-state index in [1.165, 1.54) is 5.56 Å². The molecule has 1 unspecified atom stereocenters. The Morgan fingerprint density at radius 3 is 1.38 bits per heavy atom. The number of hydrogen-bond acceptors (Lipinski definition) is 5. The Morgan fingerprint density at radius 1 is 0.690 bits per heavy atom. The molecule has 0 amide bonds. The van der Waals surface area contributed by atoms with Gasteiger partial charge in [-0.2, -0.15) is 0 Å². The van der Waals surface area contributed by atoms with E-state index in [4.69, 9.17) is 25.7 Å². The molecule has 4 N–H and O–H groups in total.